The van der Waals surface area contributed by atoms with Crippen LogP contribution >= 0.6 is 11.8 Å². The van der Waals surface area contributed by atoms with E-state index in [9.17, 15) is 14.7 Å². The number of carboxylic acid groups (broad SMARTS) is 1. The number of aliphatic carboxylic acids is 1. The second-order valence-corrected chi connectivity index (χ2v) is 7.41. The molecule has 6 heteroatoms. The fourth-order valence-electron chi connectivity index (χ4n) is 3.45. The van der Waals surface area contributed by atoms with E-state index in [0.29, 0.717) is 25.9 Å². The van der Waals surface area contributed by atoms with Gasteiger partial charge in [-0.3, -0.25) is 4.79 Å². The van der Waals surface area contributed by atoms with Gasteiger partial charge in [-0.2, -0.15) is 11.8 Å². The Morgan fingerprint density at radius 1 is 1.38 bits per heavy atom. The van der Waals surface area contributed by atoms with Crippen LogP contribution in [0.2, 0.25) is 0 Å². The third-order valence-corrected chi connectivity index (χ3v) is 5.83. The van der Waals surface area contributed by atoms with Gasteiger partial charge in [0.25, 0.3) is 0 Å². The van der Waals surface area contributed by atoms with Gasteiger partial charge in [0.2, 0.25) is 0 Å². The first-order valence-corrected chi connectivity index (χ1v) is 9.02. The van der Waals surface area contributed by atoms with Crippen molar-refractivity contribution in [3.63, 3.8) is 0 Å². The Morgan fingerprint density at radius 2 is 2.14 bits per heavy atom. The molecule has 2 amide bonds. The minimum Gasteiger partial charge on any atom is -0.481 e. The number of amides is 2. The first kappa shape index (κ1) is 16.5. The predicted molar refractivity (Wildman–Crippen MR) is 84.7 cm³/mol. The average Bonchev–Trinajstić information content (AvgIpc) is 2.47. The second-order valence-electron chi connectivity index (χ2n) is 6.26. The smallest absolute Gasteiger partial charge is 0.320 e. The Kier molecular flexibility index (Phi) is 5.41. The lowest BCUT2D eigenvalue weighted by atomic mass is 9.76. The quantitative estimate of drug-likeness (QED) is 0.869. The lowest BCUT2D eigenvalue weighted by molar-refractivity contribution is -0.152. The molecule has 2 aliphatic heterocycles. The molecule has 0 saturated carbocycles. The highest BCUT2D eigenvalue weighted by Crippen LogP contribution is 2.35. The highest BCUT2D eigenvalue weighted by molar-refractivity contribution is 7.99. The monoisotopic (exact) mass is 314 g/mol. The molecule has 2 atom stereocenters. The molecule has 21 heavy (non-hydrogen) atoms. The van der Waals surface area contributed by atoms with Gasteiger partial charge in [-0.1, -0.05) is 13.3 Å². The van der Waals surface area contributed by atoms with Crippen LogP contribution in [0.15, 0.2) is 0 Å². The minimum absolute atomic E-state index is 0.0317. The molecule has 1 N–H and O–H groups in total. The lowest BCUT2D eigenvalue weighted by Gasteiger charge is -2.43. The van der Waals surface area contributed by atoms with Crippen molar-refractivity contribution >= 4 is 23.8 Å². The van der Waals surface area contributed by atoms with Gasteiger partial charge in [0.05, 0.1) is 5.41 Å². The van der Waals surface area contributed by atoms with Gasteiger partial charge < -0.3 is 14.9 Å². The number of urea groups is 1. The maximum absolute atomic E-state index is 12.7. The first-order chi connectivity index (χ1) is 10.00. The number of carbonyl (C=O) groups excluding carboxylic acids is 1. The van der Waals surface area contributed by atoms with Crippen LogP contribution in [0.25, 0.3) is 0 Å². The molecule has 0 aromatic carbocycles. The Morgan fingerprint density at radius 3 is 2.76 bits per heavy atom. The van der Waals surface area contributed by atoms with Gasteiger partial charge in [0.1, 0.15) is 0 Å². The van der Waals surface area contributed by atoms with Crippen molar-refractivity contribution in [3.8, 4) is 0 Å². The average molecular weight is 314 g/mol. The molecule has 5 nitrogen and oxygen atoms in total. The topological polar surface area (TPSA) is 60.9 Å². The van der Waals surface area contributed by atoms with Crippen molar-refractivity contribution in [1.82, 2.24) is 9.80 Å². The zero-order chi connectivity index (χ0) is 15.5. The molecule has 2 rings (SSSR count). The van der Waals surface area contributed by atoms with Crippen molar-refractivity contribution < 1.29 is 14.7 Å². The van der Waals surface area contributed by atoms with Gasteiger partial charge in [0, 0.05) is 37.2 Å². The number of nitrogens with zero attached hydrogens (tertiary/aromatic N) is 2. The third kappa shape index (κ3) is 3.47. The van der Waals surface area contributed by atoms with E-state index in [1.165, 1.54) is 0 Å². The summed E-state index contributed by atoms with van der Waals surface area (Å²) >= 11 is 1.88. The highest BCUT2D eigenvalue weighted by atomic mass is 32.2. The van der Waals surface area contributed by atoms with Crippen LogP contribution in [0.4, 0.5) is 4.79 Å². The summed E-state index contributed by atoms with van der Waals surface area (Å²) in [5.41, 5.74) is -0.740. The molecule has 2 unspecified atom stereocenters. The normalized spacial score (nSPS) is 30.3. The number of hydrogen-bond donors (Lipinski definition) is 1. The standard InChI is InChI=1S/C15H26N2O3S/c1-3-5-15(13(18)19)6-4-7-16(11-15)14(20)17-8-9-21-10-12(17)2/h12H,3-11H2,1-2H3,(H,18,19). The number of carboxylic acids is 1. The van der Waals surface area contributed by atoms with E-state index >= 15 is 0 Å². The van der Waals surface area contributed by atoms with E-state index in [2.05, 4.69) is 6.92 Å². The number of likely N-dealkylation sites (tertiary alicyclic amines) is 1. The van der Waals surface area contributed by atoms with Gasteiger partial charge in [-0.15, -0.1) is 0 Å². The Bertz CT molecular complexity index is 400. The van der Waals surface area contributed by atoms with Crippen LogP contribution in [-0.2, 0) is 4.79 Å². The van der Waals surface area contributed by atoms with E-state index in [-0.39, 0.29) is 12.1 Å². The summed E-state index contributed by atoms with van der Waals surface area (Å²) in [6.45, 7) is 5.91. The number of rotatable bonds is 3. The molecule has 0 bridgehead atoms. The number of thioether (sulfide) groups is 1. The van der Waals surface area contributed by atoms with Crippen LogP contribution in [0.5, 0.6) is 0 Å². The lowest BCUT2D eigenvalue weighted by Crippen LogP contribution is -2.56. The summed E-state index contributed by atoms with van der Waals surface area (Å²) in [6.07, 6.45) is 2.96. The second kappa shape index (κ2) is 6.90. The maximum Gasteiger partial charge on any atom is 0.320 e. The van der Waals surface area contributed by atoms with Crippen LogP contribution < -0.4 is 0 Å². The largest absolute Gasteiger partial charge is 0.481 e. The van der Waals surface area contributed by atoms with Crippen molar-refractivity contribution in [3.05, 3.63) is 0 Å². The summed E-state index contributed by atoms with van der Waals surface area (Å²) in [5.74, 6) is 1.20. The summed E-state index contributed by atoms with van der Waals surface area (Å²) in [6, 6.07) is 0.271. The van der Waals surface area contributed by atoms with Gasteiger partial charge in [0.15, 0.2) is 0 Å². The molecule has 0 spiro atoms. The molecular weight excluding hydrogens is 288 g/mol. The molecule has 120 valence electrons. The minimum atomic E-state index is -0.746. The van der Waals surface area contributed by atoms with E-state index < -0.39 is 11.4 Å². The molecule has 2 heterocycles. The fourth-order valence-corrected chi connectivity index (χ4v) is 4.47. The predicted octanol–water partition coefficient (Wildman–Crippen LogP) is 2.51. The molecule has 0 radical (unpaired) electrons. The summed E-state index contributed by atoms with van der Waals surface area (Å²) in [5, 5.41) is 9.63. The molecule has 0 aromatic rings. The zero-order valence-electron chi connectivity index (χ0n) is 13.0. The molecule has 0 aliphatic carbocycles. The third-order valence-electron chi connectivity index (χ3n) is 4.64. The molecule has 2 saturated heterocycles. The molecule has 2 aliphatic rings. The van der Waals surface area contributed by atoms with Crippen molar-refractivity contribution in [2.24, 2.45) is 5.41 Å². The number of carbonyl (C=O) groups is 2. The fraction of sp³-hybridized carbons (Fsp3) is 0.867. The summed E-state index contributed by atoms with van der Waals surface area (Å²) < 4.78 is 0. The molecular formula is C15H26N2O3S. The molecule has 2 fully saturated rings. The van der Waals surface area contributed by atoms with Crippen molar-refractivity contribution in [2.45, 2.75) is 45.6 Å². The highest BCUT2D eigenvalue weighted by Gasteiger charge is 2.44. The van der Waals surface area contributed by atoms with Gasteiger partial charge in [-0.25, -0.2) is 4.79 Å². The van der Waals surface area contributed by atoms with Crippen LogP contribution in [0.1, 0.15) is 39.5 Å². The van der Waals surface area contributed by atoms with E-state index in [1.54, 1.807) is 4.90 Å². The number of piperidine rings is 1. The maximum atomic E-state index is 12.7. The summed E-state index contributed by atoms with van der Waals surface area (Å²) in [4.78, 5) is 28.1. The van der Waals surface area contributed by atoms with Crippen LogP contribution in [-0.4, -0.2) is 64.1 Å². The van der Waals surface area contributed by atoms with Crippen molar-refractivity contribution in [1.29, 1.82) is 0 Å². The van der Waals surface area contributed by atoms with Gasteiger partial charge >= 0.3 is 12.0 Å². The van der Waals surface area contributed by atoms with Gasteiger partial charge in [-0.05, 0) is 26.2 Å². The Hall–Kier alpha value is -0.910. The van der Waals surface area contributed by atoms with E-state index in [1.807, 2.05) is 23.6 Å². The first-order valence-electron chi connectivity index (χ1n) is 7.87. The van der Waals surface area contributed by atoms with Crippen LogP contribution in [0, 0.1) is 5.41 Å². The Balaban J connectivity index is 2.09. The van der Waals surface area contributed by atoms with E-state index in [4.69, 9.17) is 0 Å². The SMILES string of the molecule is CCCC1(C(=O)O)CCCN(C(=O)N2CCSCC2C)C1. The summed E-state index contributed by atoms with van der Waals surface area (Å²) in [7, 11) is 0. The Labute approximate surface area is 131 Å². The molecule has 0 aromatic heterocycles. The number of hydrogen-bond acceptors (Lipinski definition) is 3. The zero-order valence-corrected chi connectivity index (χ0v) is 13.8. The van der Waals surface area contributed by atoms with E-state index in [0.717, 1.165) is 30.9 Å². The van der Waals surface area contributed by atoms with Crippen molar-refractivity contribution in [2.75, 3.05) is 31.1 Å². The van der Waals surface area contributed by atoms with Crippen LogP contribution in [0.3, 0.4) is 0 Å².